The van der Waals surface area contributed by atoms with Gasteiger partial charge in [0.25, 0.3) is 5.91 Å². The Labute approximate surface area is 157 Å². The number of nitrogens with zero attached hydrogens (tertiary/aromatic N) is 1. The fourth-order valence-corrected chi connectivity index (χ4v) is 3.88. The number of likely N-dealkylation sites (tertiary alicyclic amines) is 1. The Morgan fingerprint density at radius 2 is 2.04 bits per heavy atom. The molecule has 0 saturated carbocycles. The molecular weight excluding hydrogens is 322 g/mol. The number of benzene rings is 2. The molecule has 1 amide bonds. The lowest BCUT2D eigenvalue weighted by Gasteiger charge is -2.33. The van der Waals surface area contributed by atoms with E-state index in [4.69, 9.17) is 4.74 Å². The monoisotopic (exact) mass is 351 g/mol. The number of aryl methyl sites for hydroxylation is 1. The lowest BCUT2D eigenvalue weighted by Crippen LogP contribution is -2.40. The van der Waals surface area contributed by atoms with Crippen molar-refractivity contribution in [2.24, 2.45) is 5.92 Å². The number of amides is 1. The molecule has 1 aliphatic rings. The van der Waals surface area contributed by atoms with E-state index in [9.17, 15) is 4.79 Å². The molecule has 0 unspecified atom stereocenters. The van der Waals surface area contributed by atoms with Crippen LogP contribution in [-0.4, -0.2) is 37.6 Å². The summed E-state index contributed by atoms with van der Waals surface area (Å²) in [7, 11) is 1.74. The van der Waals surface area contributed by atoms with Crippen molar-refractivity contribution in [1.82, 2.24) is 4.90 Å². The highest BCUT2D eigenvalue weighted by molar-refractivity contribution is 5.95. The summed E-state index contributed by atoms with van der Waals surface area (Å²) in [5.74, 6) is 0.708. The smallest absolute Gasteiger partial charge is 0.253 e. The van der Waals surface area contributed by atoms with Crippen LogP contribution >= 0.6 is 0 Å². The number of rotatable bonds is 6. The molecule has 0 bridgehead atoms. The third kappa shape index (κ3) is 4.34. The average molecular weight is 351 g/mol. The third-order valence-corrected chi connectivity index (χ3v) is 5.36. The van der Waals surface area contributed by atoms with Crippen molar-refractivity contribution in [3.63, 3.8) is 0 Å². The molecule has 3 nitrogen and oxygen atoms in total. The maximum Gasteiger partial charge on any atom is 0.253 e. The Kier molecular flexibility index (Phi) is 6.45. The molecule has 0 radical (unpaired) electrons. The minimum absolute atomic E-state index is 0.156. The van der Waals surface area contributed by atoms with Gasteiger partial charge in [-0.1, -0.05) is 43.3 Å². The van der Waals surface area contributed by atoms with Crippen molar-refractivity contribution in [2.45, 2.75) is 32.6 Å². The van der Waals surface area contributed by atoms with Gasteiger partial charge in [0.2, 0.25) is 0 Å². The zero-order valence-electron chi connectivity index (χ0n) is 15.9. The first kappa shape index (κ1) is 18.7. The summed E-state index contributed by atoms with van der Waals surface area (Å²) in [6.07, 6.45) is 4.29. The zero-order chi connectivity index (χ0) is 18.4. The van der Waals surface area contributed by atoms with E-state index in [1.54, 1.807) is 7.11 Å². The summed E-state index contributed by atoms with van der Waals surface area (Å²) in [6, 6.07) is 16.5. The Balaban J connectivity index is 1.78. The van der Waals surface area contributed by atoms with Crippen LogP contribution in [0.1, 0.15) is 42.1 Å². The third-order valence-electron chi connectivity index (χ3n) is 5.36. The molecule has 0 aromatic heterocycles. The van der Waals surface area contributed by atoms with Crippen LogP contribution in [0.4, 0.5) is 0 Å². The van der Waals surface area contributed by atoms with E-state index in [2.05, 4.69) is 43.3 Å². The minimum atomic E-state index is 0.156. The lowest BCUT2D eigenvalue weighted by molar-refractivity contribution is 0.0642. The summed E-state index contributed by atoms with van der Waals surface area (Å²) in [6.45, 7) is 4.65. The molecule has 0 aliphatic carbocycles. The van der Waals surface area contributed by atoms with Crippen LogP contribution < -0.4 is 0 Å². The quantitative estimate of drug-likeness (QED) is 0.748. The predicted molar refractivity (Wildman–Crippen MR) is 106 cm³/mol. The van der Waals surface area contributed by atoms with Crippen molar-refractivity contribution in [2.75, 3.05) is 26.8 Å². The number of methoxy groups -OCH3 is 1. The molecule has 3 rings (SSSR count). The molecule has 1 aliphatic heterocycles. The number of ether oxygens (including phenoxy) is 1. The van der Waals surface area contributed by atoms with Gasteiger partial charge in [0.05, 0.1) is 0 Å². The SMILES string of the molecule is CCc1ccccc1-c1cccc(C(=O)N2CCC[C@H](CCOC)C2)c1. The van der Waals surface area contributed by atoms with Gasteiger partial charge in [-0.15, -0.1) is 0 Å². The summed E-state index contributed by atoms with van der Waals surface area (Å²) in [5.41, 5.74) is 4.46. The molecule has 2 aromatic carbocycles. The highest BCUT2D eigenvalue weighted by atomic mass is 16.5. The van der Waals surface area contributed by atoms with Crippen LogP contribution in [-0.2, 0) is 11.2 Å². The Bertz CT molecular complexity index is 740. The molecule has 2 aromatic rings. The molecule has 0 N–H and O–H groups in total. The van der Waals surface area contributed by atoms with Gasteiger partial charge in [-0.25, -0.2) is 0 Å². The van der Waals surface area contributed by atoms with Crippen LogP contribution in [0.5, 0.6) is 0 Å². The second-order valence-corrected chi connectivity index (χ2v) is 7.13. The van der Waals surface area contributed by atoms with Crippen LogP contribution in [0.15, 0.2) is 48.5 Å². The van der Waals surface area contributed by atoms with Gasteiger partial charge >= 0.3 is 0 Å². The summed E-state index contributed by atoms with van der Waals surface area (Å²) in [5, 5.41) is 0. The van der Waals surface area contributed by atoms with E-state index < -0.39 is 0 Å². The first-order valence-corrected chi connectivity index (χ1v) is 9.69. The van der Waals surface area contributed by atoms with Crippen molar-refractivity contribution >= 4 is 5.91 Å². The Hall–Kier alpha value is -2.13. The average Bonchev–Trinajstić information content (AvgIpc) is 2.72. The van der Waals surface area contributed by atoms with Crippen LogP contribution in [0.2, 0.25) is 0 Å². The van der Waals surface area contributed by atoms with Crippen molar-refractivity contribution in [3.8, 4) is 11.1 Å². The van der Waals surface area contributed by atoms with Gasteiger partial charge in [-0.3, -0.25) is 4.79 Å². The van der Waals surface area contributed by atoms with Gasteiger partial charge in [0, 0.05) is 32.4 Å². The number of hydrogen-bond acceptors (Lipinski definition) is 2. The number of carbonyl (C=O) groups excluding carboxylic acids is 1. The molecule has 138 valence electrons. The van der Waals surface area contributed by atoms with Crippen LogP contribution in [0.25, 0.3) is 11.1 Å². The standard InChI is InChI=1S/C23H29NO2/c1-3-19-9-4-5-12-22(19)20-10-6-11-21(16-20)23(25)24-14-7-8-18(17-24)13-15-26-2/h4-6,9-12,16,18H,3,7-8,13-15,17H2,1-2H3/t18-/m1/s1. The Morgan fingerprint density at radius 3 is 2.85 bits per heavy atom. The lowest BCUT2D eigenvalue weighted by atomic mass is 9.94. The topological polar surface area (TPSA) is 29.5 Å². The molecule has 1 heterocycles. The zero-order valence-corrected chi connectivity index (χ0v) is 15.9. The molecule has 0 spiro atoms. The highest BCUT2D eigenvalue weighted by Crippen LogP contribution is 2.26. The van der Waals surface area contributed by atoms with E-state index in [1.807, 2.05) is 17.0 Å². The molecule has 1 fully saturated rings. The van der Waals surface area contributed by atoms with E-state index >= 15 is 0 Å². The summed E-state index contributed by atoms with van der Waals surface area (Å²) >= 11 is 0. The molecule has 26 heavy (non-hydrogen) atoms. The first-order valence-electron chi connectivity index (χ1n) is 9.69. The van der Waals surface area contributed by atoms with Crippen molar-refractivity contribution in [1.29, 1.82) is 0 Å². The fourth-order valence-electron chi connectivity index (χ4n) is 3.88. The van der Waals surface area contributed by atoms with E-state index in [-0.39, 0.29) is 5.91 Å². The largest absolute Gasteiger partial charge is 0.385 e. The van der Waals surface area contributed by atoms with E-state index in [0.717, 1.165) is 50.1 Å². The highest BCUT2D eigenvalue weighted by Gasteiger charge is 2.24. The van der Waals surface area contributed by atoms with Gasteiger partial charge < -0.3 is 9.64 Å². The maximum absolute atomic E-state index is 13.1. The number of piperidine rings is 1. The van der Waals surface area contributed by atoms with Gasteiger partial charge in [0.1, 0.15) is 0 Å². The maximum atomic E-state index is 13.1. The molecule has 1 saturated heterocycles. The van der Waals surface area contributed by atoms with Crippen LogP contribution in [0.3, 0.4) is 0 Å². The molecule has 3 heteroatoms. The van der Waals surface area contributed by atoms with Crippen LogP contribution in [0, 0.1) is 5.92 Å². The number of hydrogen-bond donors (Lipinski definition) is 0. The van der Waals surface area contributed by atoms with Crippen molar-refractivity contribution in [3.05, 3.63) is 59.7 Å². The van der Waals surface area contributed by atoms with E-state index in [0.29, 0.717) is 5.92 Å². The van der Waals surface area contributed by atoms with Gasteiger partial charge in [0.15, 0.2) is 0 Å². The van der Waals surface area contributed by atoms with Gasteiger partial charge in [-0.2, -0.15) is 0 Å². The predicted octanol–water partition coefficient (Wildman–Crippen LogP) is 4.80. The molecule has 1 atom stereocenters. The fraction of sp³-hybridized carbons (Fsp3) is 0.435. The first-order chi connectivity index (χ1) is 12.7. The normalized spacial score (nSPS) is 17.3. The summed E-state index contributed by atoms with van der Waals surface area (Å²) < 4.78 is 5.21. The second kappa shape index (κ2) is 9.00. The van der Waals surface area contributed by atoms with Gasteiger partial charge in [-0.05, 0) is 60.4 Å². The summed E-state index contributed by atoms with van der Waals surface area (Å²) in [4.78, 5) is 15.1. The number of carbonyl (C=O) groups is 1. The van der Waals surface area contributed by atoms with E-state index in [1.165, 1.54) is 17.5 Å². The minimum Gasteiger partial charge on any atom is -0.385 e. The second-order valence-electron chi connectivity index (χ2n) is 7.13. The van der Waals surface area contributed by atoms with Crippen molar-refractivity contribution < 1.29 is 9.53 Å². The Morgan fingerprint density at radius 1 is 1.19 bits per heavy atom. The molecular formula is C23H29NO2.